The molecule has 1 aromatic heterocycles. The SMILES string of the molecule is CC1=C(C)[C@H]2CC[C@@H]1ON2c1ccccn1. The number of hydrogen-bond acceptors (Lipinski definition) is 3. The summed E-state index contributed by atoms with van der Waals surface area (Å²) in [6.07, 6.45) is 4.38. The highest BCUT2D eigenvalue weighted by Crippen LogP contribution is 2.38. The molecular formula is C13H16N2O. The first kappa shape index (κ1) is 9.85. The lowest BCUT2D eigenvalue weighted by Crippen LogP contribution is -2.50. The molecule has 4 rings (SSSR count). The van der Waals surface area contributed by atoms with Crippen molar-refractivity contribution in [1.29, 1.82) is 0 Å². The average molecular weight is 216 g/mol. The van der Waals surface area contributed by atoms with Crippen LogP contribution in [-0.4, -0.2) is 17.1 Å². The normalized spacial score (nSPS) is 28.8. The largest absolute Gasteiger partial charge is 0.264 e. The minimum absolute atomic E-state index is 0.256. The van der Waals surface area contributed by atoms with E-state index in [4.69, 9.17) is 4.84 Å². The third-order valence-electron chi connectivity index (χ3n) is 3.71. The molecule has 0 amide bonds. The third-order valence-corrected chi connectivity index (χ3v) is 3.71. The molecule has 2 atom stereocenters. The Labute approximate surface area is 95.7 Å². The van der Waals surface area contributed by atoms with Crippen molar-refractivity contribution in [3.05, 3.63) is 35.5 Å². The van der Waals surface area contributed by atoms with Gasteiger partial charge in [-0.3, -0.25) is 4.84 Å². The molecule has 0 saturated carbocycles. The fourth-order valence-electron chi connectivity index (χ4n) is 2.59. The molecule has 0 spiro atoms. The zero-order valence-corrected chi connectivity index (χ0v) is 9.68. The van der Waals surface area contributed by atoms with Gasteiger partial charge in [-0.25, -0.2) is 10.0 Å². The van der Waals surface area contributed by atoms with E-state index in [0.717, 1.165) is 12.2 Å². The fourth-order valence-corrected chi connectivity index (χ4v) is 2.59. The van der Waals surface area contributed by atoms with Gasteiger partial charge in [-0.15, -0.1) is 0 Å². The van der Waals surface area contributed by atoms with Gasteiger partial charge < -0.3 is 0 Å². The van der Waals surface area contributed by atoms with Gasteiger partial charge in [0.05, 0.1) is 6.04 Å². The molecule has 1 fully saturated rings. The van der Waals surface area contributed by atoms with Crippen LogP contribution in [0.25, 0.3) is 0 Å². The predicted molar refractivity (Wildman–Crippen MR) is 63.0 cm³/mol. The number of nitrogens with zero attached hydrogens (tertiary/aromatic N) is 2. The highest BCUT2D eigenvalue weighted by molar-refractivity contribution is 5.43. The maximum absolute atomic E-state index is 5.97. The first-order valence-electron chi connectivity index (χ1n) is 5.81. The highest BCUT2D eigenvalue weighted by atomic mass is 16.7. The van der Waals surface area contributed by atoms with E-state index in [2.05, 4.69) is 18.8 Å². The Morgan fingerprint density at radius 1 is 1.25 bits per heavy atom. The molecule has 16 heavy (non-hydrogen) atoms. The Bertz CT molecular complexity index is 427. The summed E-state index contributed by atoms with van der Waals surface area (Å²) in [7, 11) is 0. The first-order valence-corrected chi connectivity index (χ1v) is 5.81. The Morgan fingerprint density at radius 2 is 2.12 bits per heavy atom. The Hall–Kier alpha value is -1.35. The van der Waals surface area contributed by atoms with Crippen molar-refractivity contribution < 1.29 is 4.84 Å². The summed E-state index contributed by atoms with van der Waals surface area (Å²) in [4.78, 5) is 10.3. The second-order valence-electron chi connectivity index (χ2n) is 4.57. The molecule has 0 unspecified atom stereocenters. The number of anilines is 1. The summed E-state index contributed by atoms with van der Waals surface area (Å²) in [5.74, 6) is 0.920. The van der Waals surface area contributed by atoms with Crippen LogP contribution in [0.4, 0.5) is 5.82 Å². The molecule has 1 aliphatic carbocycles. The van der Waals surface area contributed by atoms with Crippen molar-refractivity contribution >= 4 is 5.82 Å². The fraction of sp³-hybridized carbons (Fsp3) is 0.462. The van der Waals surface area contributed by atoms with E-state index < -0.39 is 0 Å². The lowest BCUT2D eigenvalue weighted by Gasteiger charge is -2.46. The van der Waals surface area contributed by atoms with Gasteiger partial charge in [-0.2, -0.15) is 0 Å². The van der Waals surface area contributed by atoms with Crippen molar-refractivity contribution in [2.24, 2.45) is 0 Å². The molecule has 3 nitrogen and oxygen atoms in total. The van der Waals surface area contributed by atoms with E-state index in [1.54, 1.807) is 0 Å². The van der Waals surface area contributed by atoms with Crippen LogP contribution in [0.15, 0.2) is 35.5 Å². The van der Waals surface area contributed by atoms with E-state index in [9.17, 15) is 0 Å². The van der Waals surface area contributed by atoms with E-state index in [-0.39, 0.29) is 6.10 Å². The minimum atomic E-state index is 0.256. The quantitative estimate of drug-likeness (QED) is 0.675. The number of hydrogen-bond donors (Lipinski definition) is 0. The standard InChI is InChI=1S/C13H16N2O/c1-9-10(2)12-7-6-11(9)15(16-12)13-5-3-4-8-14-13/h3-5,8,11-12H,6-7H2,1-2H3/t11-,12+/m1/s1. The minimum Gasteiger partial charge on any atom is -0.264 e. The zero-order chi connectivity index (χ0) is 11.1. The molecule has 0 radical (unpaired) electrons. The zero-order valence-electron chi connectivity index (χ0n) is 9.68. The van der Waals surface area contributed by atoms with Gasteiger partial charge in [-0.05, 0) is 50.0 Å². The predicted octanol–water partition coefficient (Wildman–Crippen LogP) is 2.70. The molecule has 1 aromatic rings. The van der Waals surface area contributed by atoms with Crippen LogP contribution in [0.3, 0.4) is 0 Å². The number of hydroxylamine groups is 1. The van der Waals surface area contributed by atoms with Crippen LogP contribution < -0.4 is 5.06 Å². The summed E-state index contributed by atoms with van der Waals surface area (Å²) in [6, 6.07) is 6.31. The molecule has 3 heteroatoms. The van der Waals surface area contributed by atoms with Crippen molar-refractivity contribution in [3.8, 4) is 0 Å². The van der Waals surface area contributed by atoms with Crippen LogP contribution in [0.5, 0.6) is 0 Å². The summed E-state index contributed by atoms with van der Waals surface area (Å²) in [6.45, 7) is 4.40. The molecule has 3 aliphatic rings. The molecule has 1 saturated heterocycles. The summed E-state index contributed by atoms with van der Waals surface area (Å²) < 4.78 is 0. The van der Waals surface area contributed by atoms with Gasteiger partial charge in [0.25, 0.3) is 0 Å². The first-order chi connectivity index (χ1) is 7.77. The number of fused-ring (bicyclic) bond motifs is 2. The van der Waals surface area contributed by atoms with E-state index >= 15 is 0 Å². The lowest BCUT2D eigenvalue weighted by molar-refractivity contribution is -0.0102. The Kier molecular flexibility index (Phi) is 2.21. The molecule has 0 N–H and O–H groups in total. The van der Waals surface area contributed by atoms with Crippen LogP contribution in [0.1, 0.15) is 26.7 Å². The summed E-state index contributed by atoms with van der Waals surface area (Å²) in [5.41, 5.74) is 2.86. The van der Waals surface area contributed by atoms with Gasteiger partial charge in [-0.1, -0.05) is 6.07 Å². The van der Waals surface area contributed by atoms with E-state index in [1.165, 1.54) is 17.6 Å². The number of aromatic nitrogens is 1. The van der Waals surface area contributed by atoms with Gasteiger partial charge in [0.1, 0.15) is 6.10 Å². The lowest BCUT2D eigenvalue weighted by atomic mass is 9.85. The Morgan fingerprint density at radius 3 is 2.81 bits per heavy atom. The smallest absolute Gasteiger partial charge is 0.153 e. The second kappa shape index (κ2) is 3.59. The van der Waals surface area contributed by atoms with Crippen molar-refractivity contribution in [2.75, 3.05) is 5.06 Å². The van der Waals surface area contributed by atoms with Gasteiger partial charge in [0, 0.05) is 6.20 Å². The van der Waals surface area contributed by atoms with E-state index in [1.807, 2.05) is 29.5 Å². The average Bonchev–Trinajstić information content (AvgIpc) is 2.36. The van der Waals surface area contributed by atoms with Crippen molar-refractivity contribution in [3.63, 3.8) is 0 Å². The molecule has 84 valence electrons. The van der Waals surface area contributed by atoms with E-state index in [0.29, 0.717) is 6.04 Å². The van der Waals surface area contributed by atoms with Gasteiger partial charge >= 0.3 is 0 Å². The number of rotatable bonds is 1. The van der Waals surface area contributed by atoms with Crippen molar-refractivity contribution in [2.45, 2.75) is 38.8 Å². The topological polar surface area (TPSA) is 25.4 Å². The second-order valence-corrected chi connectivity index (χ2v) is 4.57. The summed E-state index contributed by atoms with van der Waals surface area (Å²) >= 11 is 0. The van der Waals surface area contributed by atoms with Crippen LogP contribution in [0, 0.1) is 0 Å². The van der Waals surface area contributed by atoms with Crippen LogP contribution >= 0.6 is 0 Å². The highest BCUT2D eigenvalue weighted by Gasteiger charge is 2.38. The molecule has 0 aromatic carbocycles. The maximum Gasteiger partial charge on any atom is 0.153 e. The maximum atomic E-state index is 5.97. The van der Waals surface area contributed by atoms with Crippen LogP contribution in [-0.2, 0) is 4.84 Å². The van der Waals surface area contributed by atoms with Crippen LogP contribution in [0.2, 0.25) is 0 Å². The third kappa shape index (κ3) is 1.35. The van der Waals surface area contributed by atoms with Gasteiger partial charge in [0.15, 0.2) is 5.82 Å². The summed E-state index contributed by atoms with van der Waals surface area (Å²) in [5, 5.41) is 1.98. The molecular weight excluding hydrogens is 200 g/mol. The monoisotopic (exact) mass is 216 g/mol. The van der Waals surface area contributed by atoms with Crippen molar-refractivity contribution in [1.82, 2.24) is 4.98 Å². The molecule has 3 heterocycles. The molecule has 2 bridgehead atoms. The van der Waals surface area contributed by atoms with Gasteiger partial charge in [0.2, 0.25) is 0 Å². The number of pyridine rings is 1. The Balaban J connectivity index is 1.97. The molecule has 2 aliphatic heterocycles.